The predicted molar refractivity (Wildman–Crippen MR) is 137 cm³/mol. The van der Waals surface area contributed by atoms with Gasteiger partial charge in [-0.2, -0.15) is 5.10 Å². The lowest BCUT2D eigenvalue weighted by Gasteiger charge is -2.37. The number of para-hydroxylation sites is 1. The monoisotopic (exact) mass is 488 g/mol. The molecule has 36 heavy (non-hydrogen) atoms. The molecular formula is C28H32N4O4. The van der Waals surface area contributed by atoms with Crippen molar-refractivity contribution in [2.24, 2.45) is 0 Å². The molecule has 8 nitrogen and oxygen atoms in total. The molecule has 8 heteroatoms. The van der Waals surface area contributed by atoms with Crippen molar-refractivity contribution in [3.63, 3.8) is 0 Å². The third-order valence-corrected chi connectivity index (χ3v) is 6.87. The summed E-state index contributed by atoms with van der Waals surface area (Å²) >= 11 is 0. The number of aromatic nitrogens is 2. The first kappa shape index (κ1) is 24.2. The van der Waals surface area contributed by atoms with Crippen molar-refractivity contribution in [1.29, 1.82) is 0 Å². The zero-order valence-electron chi connectivity index (χ0n) is 20.6. The van der Waals surface area contributed by atoms with Crippen LogP contribution in [0.2, 0.25) is 0 Å². The van der Waals surface area contributed by atoms with Gasteiger partial charge in [0.25, 0.3) is 0 Å². The molecule has 2 aromatic carbocycles. The van der Waals surface area contributed by atoms with E-state index in [2.05, 4.69) is 5.32 Å². The molecule has 0 radical (unpaired) electrons. The van der Waals surface area contributed by atoms with Gasteiger partial charge < -0.3 is 19.7 Å². The number of piperidine rings is 1. The van der Waals surface area contributed by atoms with Gasteiger partial charge in [0, 0.05) is 44.3 Å². The van der Waals surface area contributed by atoms with E-state index >= 15 is 0 Å². The molecule has 0 aliphatic carbocycles. The zero-order valence-corrected chi connectivity index (χ0v) is 20.6. The Kier molecular flexibility index (Phi) is 7.16. The zero-order chi connectivity index (χ0) is 25.0. The van der Waals surface area contributed by atoms with Gasteiger partial charge in [0.1, 0.15) is 5.82 Å². The fourth-order valence-electron chi connectivity index (χ4n) is 4.98. The standard InChI is InChI=1S/C28H32N4O4/c1-21-26(22-9-4-2-5-10-22)27(32(30-21)23-11-6-3-7-12-23)29-24(33)13-8-14-25(34)31-17-15-28(16-18-31)35-19-20-36-28/h2-7,9-12H,8,13-20H2,1H3,(H,29,33). The van der Waals surface area contributed by atoms with Crippen LogP contribution >= 0.6 is 0 Å². The Balaban J connectivity index is 1.23. The fraction of sp³-hybridized carbons (Fsp3) is 0.393. The molecule has 1 aromatic heterocycles. The molecule has 1 spiro atoms. The summed E-state index contributed by atoms with van der Waals surface area (Å²) in [4.78, 5) is 27.6. The lowest BCUT2D eigenvalue weighted by Crippen LogP contribution is -2.47. The summed E-state index contributed by atoms with van der Waals surface area (Å²) in [7, 11) is 0. The molecule has 1 N–H and O–H groups in total. The number of hydrogen-bond acceptors (Lipinski definition) is 5. The minimum absolute atomic E-state index is 0.0748. The first-order chi connectivity index (χ1) is 17.5. The SMILES string of the molecule is Cc1nn(-c2ccccc2)c(NC(=O)CCCC(=O)N2CCC3(CC2)OCCO3)c1-c1ccccc1. The topological polar surface area (TPSA) is 85.7 Å². The van der Waals surface area contributed by atoms with Gasteiger partial charge in [0.2, 0.25) is 11.8 Å². The summed E-state index contributed by atoms with van der Waals surface area (Å²) < 4.78 is 13.3. The van der Waals surface area contributed by atoms with E-state index in [9.17, 15) is 9.59 Å². The number of likely N-dealkylation sites (tertiary alicyclic amines) is 1. The number of nitrogens with zero attached hydrogens (tertiary/aromatic N) is 3. The quantitative estimate of drug-likeness (QED) is 0.535. The van der Waals surface area contributed by atoms with Crippen LogP contribution in [0.4, 0.5) is 5.82 Å². The maximum atomic E-state index is 13.0. The first-order valence-electron chi connectivity index (χ1n) is 12.6. The number of nitrogens with one attached hydrogen (secondary N) is 1. The van der Waals surface area contributed by atoms with Gasteiger partial charge in [-0.1, -0.05) is 48.5 Å². The first-order valence-corrected chi connectivity index (χ1v) is 12.6. The van der Waals surface area contributed by atoms with E-state index < -0.39 is 5.79 Å². The highest BCUT2D eigenvalue weighted by molar-refractivity contribution is 5.95. The van der Waals surface area contributed by atoms with E-state index in [1.54, 1.807) is 4.68 Å². The second-order valence-corrected chi connectivity index (χ2v) is 9.31. The van der Waals surface area contributed by atoms with Gasteiger partial charge >= 0.3 is 0 Å². The largest absolute Gasteiger partial charge is 0.347 e. The third-order valence-electron chi connectivity index (χ3n) is 6.87. The molecule has 0 saturated carbocycles. The average molecular weight is 489 g/mol. The van der Waals surface area contributed by atoms with Crippen LogP contribution in [0.1, 0.15) is 37.8 Å². The molecule has 2 aliphatic heterocycles. The highest BCUT2D eigenvalue weighted by Crippen LogP contribution is 2.34. The number of carbonyl (C=O) groups excluding carboxylic acids is 2. The highest BCUT2D eigenvalue weighted by Gasteiger charge is 2.40. The van der Waals surface area contributed by atoms with Crippen molar-refractivity contribution >= 4 is 17.6 Å². The lowest BCUT2D eigenvalue weighted by molar-refractivity contribution is -0.187. The molecule has 0 atom stereocenters. The number of aryl methyl sites for hydroxylation is 1. The second kappa shape index (κ2) is 10.6. The summed E-state index contributed by atoms with van der Waals surface area (Å²) in [5.41, 5.74) is 3.57. The summed E-state index contributed by atoms with van der Waals surface area (Å²) in [6.07, 6.45) is 2.47. The van der Waals surface area contributed by atoms with Gasteiger partial charge in [-0.05, 0) is 31.0 Å². The molecule has 0 unspecified atom stereocenters. The van der Waals surface area contributed by atoms with Gasteiger partial charge in [-0.3, -0.25) is 9.59 Å². The molecule has 188 valence electrons. The van der Waals surface area contributed by atoms with Crippen LogP contribution in [-0.4, -0.2) is 58.6 Å². The Morgan fingerprint density at radius 1 is 0.944 bits per heavy atom. The Morgan fingerprint density at radius 2 is 1.58 bits per heavy atom. The van der Waals surface area contributed by atoms with Crippen LogP contribution in [0, 0.1) is 6.92 Å². The van der Waals surface area contributed by atoms with E-state index in [0.29, 0.717) is 57.8 Å². The van der Waals surface area contributed by atoms with E-state index in [1.807, 2.05) is 72.5 Å². The minimum atomic E-state index is -0.493. The molecule has 3 aromatic rings. The van der Waals surface area contributed by atoms with Crippen LogP contribution in [0.15, 0.2) is 60.7 Å². The summed E-state index contributed by atoms with van der Waals surface area (Å²) in [5, 5.41) is 7.82. The average Bonchev–Trinajstić information content (AvgIpc) is 3.49. The van der Waals surface area contributed by atoms with Crippen molar-refractivity contribution in [2.45, 2.75) is 44.8 Å². The van der Waals surface area contributed by atoms with E-state index in [0.717, 1.165) is 22.5 Å². The minimum Gasteiger partial charge on any atom is -0.347 e. The van der Waals surface area contributed by atoms with E-state index in [4.69, 9.17) is 14.6 Å². The Labute approximate surface area is 211 Å². The number of anilines is 1. The Morgan fingerprint density at radius 3 is 2.25 bits per heavy atom. The van der Waals surface area contributed by atoms with Gasteiger partial charge in [0.05, 0.1) is 24.6 Å². The van der Waals surface area contributed by atoms with Crippen LogP contribution in [0.5, 0.6) is 0 Å². The van der Waals surface area contributed by atoms with Gasteiger partial charge in [0.15, 0.2) is 5.79 Å². The number of amides is 2. The van der Waals surface area contributed by atoms with Crippen molar-refractivity contribution in [2.75, 3.05) is 31.6 Å². The molecule has 5 rings (SSSR count). The second-order valence-electron chi connectivity index (χ2n) is 9.31. The summed E-state index contributed by atoms with van der Waals surface area (Å²) in [6, 6.07) is 19.7. The van der Waals surface area contributed by atoms with E-state index in [-0.39, 0.29) is 18.2 Å². The van der Waals surface area contributed by atoms with Crippen molar-refractivity contribution < 1.29 is 19.1 Å². The Bertz CT molecular complexity index is 1190. The lowest BCUT2D eigenvalue weighted by atomic mass is 10.0. The van der Waals surface area contributed by atoms with Crippen LogP contribution in [0.3, 0.4) is 0 Å². The van der Waals surface area contributed by atoms with Crippen LogP contribution in [-0.2, 0) is 19.1 Å². The number of ether oxygens (including phenoxy) is 2. The highest BCUT2D eigenvalue weighted by atomic mass is 16.7. The smallest absolute Gasteiger partial charge is 0.225 e. The molecular weight excluding hydrogens is 456 g/mol. The van der Waals surface area contributed by atoms with Gasteiger partial charge in [-0.15, -0.1) is 0 Å². The maximum absolute atomic E-state index is 13.0. The van der Waals surface area contributed by atoms with Crippen molar-refractivity contribution in [1.82, 2.24) is 14.7 Å². The van der Waals surface area contributed by atoms with E-state index in [1.165, 1.54) is 0 Å². The molecule has 2 amide bonds. The molecule has 2 saturated heterocycles. The molecule has 0 bridgehead atoms. The number of benzene rings is 2. The summed E-state index contributed by atoms with van der Waals surface area (Å²) in [6.45, 7) is 4.44. The normalized spacial score (nSPS) is 16.9. The van der Waals surface area contributed by atoms with Crippen LogP contribution in [0.25, 0.3) is 16.8 Å². The molecule has 2 fully saturated rings. The van der Waals surface area contributed by atoms with Crippen molar-refractivity contribution in [3.8, 4) is 16.8 Å². The molecule has 3 heterocycles. The maximum Gasteiger partial charge on any atom is 0.225 e. The van der Waals surface area contributed by atoms with Crippen molar-refractivity contribution in [3.05, 3.63) is 66.4 Å². The Hall–Kier alpha value is -3.49. The molecule has 2 aliphatic rings. The number of hydrogen-bond donors (Lipinski definition) is 1. The van der Waals surface area contributed by atoms with Crippen LogP contribution < -0.4 is 5.32 Å². The third kappa shape index (κ3) is 5.20. The number of carbonyl (C=O) groups is 2. The summed E-state index contributed by atoms with van der Waals surface area (Å²) in [5.74, 6) is 0.0831. The fourth-order valence-corrected chi connectivity index (χ4v) is 4.98. The van der Waals surface area contributed by atoms with Gasteiger partial charge in [-0.25, -0.2) is 4.68 Å². The number of rotatable bonds is 7. The predicted octanol–water partition coefficient (Wildman–Crippen LogP) is 4.32.